The lowest BCUT2D eigenvalue weighted by Gasteiger charge is -2.08. The topological polar surface area (TPSA) is 131 Å². The number of carbonyl (C=O) groups is 3. The lowest BCUT2D eigenvalue weighted by Crippen LogP contribution is -2.36. The van der Waals surface area contributed by atoms with Crippen molar-refractivity contribution in [3.8, 4) is 0 Å². The van der Waals surface area contributed by atoms with E-state index in [2.05, 4.69) is 20.8 Å². The van der Waals surface area contributed by atoms with Gasteiger partial charge in [0, 0.05) is 31.9 Å². The van der Waals surface area contributed by atoms with E-state index in [1.165, 1.54) is 12.3 Å². The smallest absolute Gasteiger partial charge is 0.435 e. The van der Waals surface area contributed by atoms with Crippen LogP contribution in [0.5, 0.6) is 0 Å². The van der Waals surface area contributed by atoms with Crippen molar-refractivity contribution in [3.05, 3.63) is 35.4 Å². The van der Waals surface area contributed by atoms with Gasteiger partial charge in [0.15, 0.2) is 5.69 Å². The Labute approximate surface area is 156 Å². The summed E-state index contributed by atoms with van der Waals surface area (Å²) in [6.07, 6.45) is -3.40. The maximum absolute atomic E-state index is 12.7. The number of carboxylic acids is 1. The Morgan fingerprint density at radius 2 is 1.71 bits per heavy atom. The van der Waals surface area contributed by atoms with Gasteiger partial charge in [-0.25, -0.2) is 4.68 Å². The fourth-order valence-corrected chi connectivity index (χ4v) is 2.29. The second-order valence-corrected chi connectivity index (χ2v) is 5.51. The van der Waals surface area contributed by atoms with E-state index in [4.69, 9.17) is 5.11 Å². The minimum Gasteiger partial charge on any atom is -0.480 e. The van der Waals surface area contributed by atoms with E-state index < -0.39 is 36.2 Å². The summed E-state index contributed by atoms with van der Waals surface area (Å²) in [4.78, 5) is 34.8. The number of amides is 2. The first-order chi connectivity index (χ1) is 13.1. The summed E-state index contributed by atoms with van der Waals surface area (Å²) in [5.41, 5.74) is -1.40. The molecule has 0 unspecified atom stereocenters. The number of halogens is 3. The Bertz CT molecular complexity index is 873. The molecule has 3 N–H and O–H groups in total. The molecule has 0 aromatic carbocycles. The molecule has 2 rings (SSSR count). The zero-order valence-electron chi connectivity index (χ0n) is 14.7. The minimum absolute atomic E-state index is 0.0209. The second kappa shape index (κ2) is 8.54. The predicted molar refractivity (Wildman–Crippen MR) is 87.4 cm³/mol. The Kier molecular flexibility index (Phi) is 6.38. The van der Waals surface area contributed by atoms with E-state index in [1.54, 1.807) is 6.92 Å². The molecule has 152 valence electrons. The number of hydrogen-bond donors (Lipinski definition) is 3. The molecule has 0 fully saturated rings. The van der Waals surface area contributed by atoms with Gasteiger partial charge in [-0.2, -0.15) is 23.4 Å². The summed E-state index contributed by atoms with van der Waals surface area (Å²) >= 11 is 0. The summed E-state index contributed by atoms with van der Waals surface area (Å²) in [5.74, 6) is -2.54. The fraction of sp³-hybridized carbons (Fsp3) is 0.400. The maximum atomic E-state index is 12.7. The van der Waals surface area contributed by atoms with Crippen LogP contribution < -0.4 is 10.6 Å². The van der Waals surface area contributed by atoms with Crippen molar-refractivity contribution in [2.24, 2.45) is 0 Å². The van der Waals surface area contributed by atoms with Crippen LogP contribution in [0.25, 0.3) is 0 Å². The number of nitrogens with zero attached hydrogens (tertiary/aromatic N) is 4. The van der Waals surface area contributed by atoms with Gasteiger partial charge in [-0.1, -0.05) is 0 Å². The van der Waals surface area contributed by atoms with Crippen LogP contribution in [0.2, 0.25) is 0 Å². The molecular weight excluding hydrogens is 385 g/mol. The third kappa shape index (κ3) is 5.08. The molecule has 0 aliphatic carbocycles. The van der Waals surface area contributed by atoms with Gasteiger partial charge < -0.3 is 15.7 Å². The molecular formula is C15H17F3N6O4. The number of hydrogen-bond acceptors (Lipinski definition) is 5. The quantitative estimate of drug-likeness (QED) is 0.547. The SMILES string of the molecule is CCn1nc(C(F)(F)F)cc1C(=O)NCCNC(=O)c1ccnn1CC(=O)O. The van der Waals surface area contributed by atoms with Crippen LogP contribution in [0.4, 0.5) is 13.2 Å². The number of aryl methyl sites for hydroxylation is 1. The van der Waals surface area contributed by atoms with Gasteiger partial charge in [0.05, 0.1) is 0 Å². The van der Waals surface area contributed by atoms with Crippen molar-refractivity contribution >= 4 is 17.8 Å². The number of nitrogens with one attached hydrogen (secondary N) is 2. The number of carboxylic acid groups (broad SMARTS) is 1. The van der Waals surface area contributed by atoms with E-state index >= 15 is 0 Å². The van der Waals surface area contributed by atoms with Crippen LogP contribution in [0.3, 0.4) is 0 Å². The van der Waals surface area contributed by atoms with E-state index in [9.17, 15) is 27.6 Å². The van der Waals surface area contributed by atoms with Crippen molar-refractivity contribution in [1.29, 1.82) is 0 Å². The zero-order valence-corrected chi connectivity index (χ0v) is 14.7. The lowest BCUT2D eigenvalue weighted by molar-refractivity contribution is -0.141. The van der Waals surface area contributed by atoms with Crippen LogP contribution in [-0.2, 0) is 24.1 Å². The lowest BCUT2D eigenvalue weighted by atomic mass is 10.3. The van der Waals surface area contributed by atoms with Crippen molar-refractivity contribution < 1.29 is 32.7 Å². The molecule has 2 aromatic rings. The second-order valence-electron chi connectivity index (χ2n) is 5.51. The molecule has 2 heterocycles. The van der Waals surface area contributed by atoms with Crippen LogP contribution in [0.1, 0.15) is 33.6 Å². The average Bonchev–Trinajstić information content (AvgIpc) is 3.24. The van der Waals surface area contributed by atoms with Gasteiger partial charge in [0.25, 0.3) is 11.8 Å². The normalized spacial score (nSPS) is 11.3. The van der Waals surface area contributed by atoms with E-state index in [0.29, 0.717) is 6.07 Å². The van der Waals surface area contributed by atoms with Gasteiger partial charge in [-0.3, -0.25) is 19.1 Å². The first-order valence-corrected chi connectivity index (χ1v) is 8.08. The van der Waals surface area contributed by atoms with Gasteiger partial charge in [0.2, 0.25) is 0 Å². The maximum Gasteiger partial charge on any atom is 0.435 e. The summed E-state index contributed by atoms with van der Waals surface area (Å²) in [6.45, 7) is 1.03. The van der Waals surface area contributed by atoms with Crippen molar-refractivity contribution in [1.82, 2.24) is 30.2 Å². The van der Waals surface area contributed by atoms with E-state index in [1.807, 2.05) is 0 Å². The molecule has 2 amide bonds. The molecule has 0 aliphatic heterocycles. The molecule has 0 atom stereocenters. The zero-order chi connectivity index (χ0) is 20.9. The molecule has 2 aromatic heterocycles. The van der Waals surface area contributed by atoms with Crippen molar-refractivity contribution in [2.45, 2.75) is 26.2 Å². The third-order valence-corrected chi connectivity index (χ3v) is 3.53. The highest BCUT2D eigenvalue weighted by Crippen LogP contribution is 2.28. The minimum atomic E-state index is -4.66. The molecule has 13 heteroatoms. The van der Waals surface area contributed by atoms with Gasteiger partial charge in [-0.05, 0) is 13.0 Å². The number of aliphatic carboxylic acids is 1. The van der Waals surface area contributed by atoms with Gasteiger partial charge in [0.1, 0.15) is 17.9 Å². The predicted octanol–water partition coefficient (Wildman–Crippen LogP) is 0.363. The third-order valence-electron chi connectivity index (χ3n) is 3.53. The Hall–Kier alpha value is -3.38. The van der Waals surface area contributed by atoms with Crippen LogP contribution in [0.15, 0.2) is 18.3 Å². The Morgan fingerprint density at radius 3 is 2.25 bits per heavy atom. The highest BCUT2D eigenvalue weighted by atomic mass is 19.4. The van der Waals surface area contributed by atoms with Crippen LogP contribution >= 0.6 is 0 Å². The molecule has 0 bridgehead atoms. The summed E-state index contributed by atoms with van der Waals surface area (Å²) in [5, 5.41) is 20.7. The number of aromatic nitrogens is 4. The molecule has 0 saturated carbocycles. The van der Waals surface area contributed by atoms with Gasteiger partial charge >= 0.3 is 12.1 Å². The van der Waals surface area contributed by atoms with Crippen molar-refractivity contribution in [3.63, 3.8) is 0 Å². The molecule has 0 saturated heterocycles. The highest BCUT2D eigenvalue weighted by molar-refractivity contribution is 5.93. The number of rotatable bonds is 8. The largest absolute Gasteiger partial charge is 0.480 e. The van der Waals surface area contributed by atoms with E-state index in [0.717, 1.165) is 9.36 Å². The van der Waals surface area contributed by atoms with Crippen LogP contribution in [-0.4, -0.2) is 55.5 Å². The standard InChI is InChI=1S/C15H17F3N6O4/c1-2-23-10(7-11(22-23)15(16,17)18)14(28)20-6-5-19-13(27)9-3-4-21-24(9)8-12(25)26/h3-4,7H,2,5-6,8H2,1H3,(H,19,27)(H,20,28)(H,25,26). The average molecular weight is 402 g/mol. The Morgan fingerprint density at radius 1 is 1.11 bits per heavy atom. The molecule has 10 nitrogen and oxygen atoms in total. The first-order valence-electron chi connectivity index (χ1n) is 8.08. The molecule has 0 spiro atoms. The molecule has 0 aliphatic rings. The monoisotopic (exact) mass is 402 g/mol. The molecule has 0 radical (unpaired) electrons. The Balaban J connectivity index is 1.89. The van der Waals surface area contributed by atoms with Gasteiger partial charge in [-0.15, -0.1) is 0 Å². The number of carbonyl (C=O) groups excluding carboxylic acids is 2. The summed E-state index contributed by atoms with van der Waals surface area (Å²) in [7, 11) is 0. The van der Waals surface area contributed by atoms with Crippen LogP contribution in [0, 0.1) is 0 Å². The first kappa shape index (κ1) is 20.9. The summed E-state index contributed by atoms with van der Waals surface area (Å²) in [6, 6.07) is 1.98. The summed E-state index contributed by atoms with van der Waals surface area (Å²) < 4.78 is 40.1. The van der Waals surface area contributed by atoms with Crippen molar-refractivity contribution in [2.75, 3.05) is 13.1 Å². The molecule has 28 heavy (non-hydrogen) atoms. The fourth-order valence-electron chi connectivity index (χ4n) is 2.29. The number of alkyl halides is 3. The van der Waals surface area contributed by atoms with E-state index in [-0.39, 0.29) is 31.0 Å². The highest BCUT2D eigenvalue weighted by Gasteiger charge is 2.35.